The molecule has 1 atom stereocenters. The molecule has 0 bridgehead atoms. The molecule has 1 aliphatic rings. The minimum atomic E-state index is -0.703. The molecule has 13 heavy (non-hydrogen) atoms. The van der Waals surface area contributed by atoms with E-state index in [2.05, 4.69) is 0 Å². The lowest BCUT2D eigenvalue weighted by atomic mass is 10.2. The van der Waals surface area contributed by atoms with E-state index in [4.69, 9.17) is 11.5 Å². The van der Waals surface area contributed by atoms with Crippen molar-refractivity contribution in [3.05, 3.63) is 11.9 Å². The van der Waals surface area contributed by atoms with Crippen LogP contribution in [0.1, 0.15) is 6.42 Å². The van der Waals surface area contributed by atoms with E-state index in [9.17, 15) is 9.18 Å². The van der Waals surface area contributed by atoms with Gasteiger partial charge in [-0.3, -0.25) is 9.69 Å². The normalized spacial score (nSPS) is 20.9. The quantitative estimate of drug-likeness (QED) is 0.617. The lowest BCUT2D eigenvalue weighted by Crippen LogP contribution is -2.47. The van der Waals surface area contributed by atoms with Crippen LogP contribution in [0.25, 0.3) is 0 Å². The zero-order chi connectivity index (χ0) is 9.84. The summed E-state index contributed by atoms with van der Waals surface area (Å²) in [4.78, 5) is 12.4. The Hall–Kier alpha value is -0.940. The van der Waals surface area contributed by atoms with Gasteiger partial charge in [-0.1, -0.05) is 6.08 Å². The first-order valence-corrected chi connectivity index (χ1v) is 4.21. The van der Waals surface area contributed by atoms with Crippen molar-refractivity contribution in [1.82, 2.24) is 4.90 Å². The number of nitrogens with zero attached hydrogens (tertiary/aromatic N) is 1. The average molecular weight is 187 g/mol. The Morgan fingerprint density at radius 3 is 3.00 bits per heavy atom. The molecule has 4 nitrogen and oxygen atoms in total. The average Bonchev–Trinajstić information content (AvgIpc) is 2.04. The van der Waals surface area contributed by atoms with Gasteiger partial charge < -0.3 is 11.5 Å². The Labute approximate surface area is 76.4 Å². The molecule has 0 aromatic carbocycles. The molecular formula is C8H14FN3O. The number of rotatable bonds is 3. The first kappa shape index (κ1) is 10.1. The molecule has 0 aromatic rings. The molecule has 1 rings (SSSR count). The number of nitrogens with two attached hydrogens (primary N) is 2. The second-order valence-electron chi connectivity index (χ2n) is 3.18. The fraction of sp³-hybridized carbons (Fsp3) is 0.625. The maximum absolute atomic E-state index is 12.7. The highest BCUT2D eigenvalue weighted by Gasteiger charge is 2.17. The lowest BCUT2D eigenvalue weighted by Gasteiger charge is -2.25. The molecule has 1 amide bonds. The predicted octanol–water partition coefficient (Wildman–Crippen LogP) is -0.642. The molecule has 0 fully saturated rings. The Balaban J connectivity index is 2.38. The SMILES string of the molecule is NC(=O)C(N)CN1CCC=C(F)C1. The van der Waals surface area contributed by atoms with Gasteiger partial charge in [0.05, 0.1) is 6.04 Å². The van der Waals surface area contributed by atoms with Crippen molar-refractivity contribution < 1.29 is 9.18 Å². The van der Waals surface area contributed by atoms with Gasteiger partial charge in [0, 0.05) is 19.6 Å². The number of amides is 1. The van der Waals surface area contributed by atoms with Crippen LogP contribution < -0.4 is 11.5 Å². The van der Waals surface area contributed by atoms with Crippen LogP contribution in [0, 0.1) is 0 Å². The van der Waals surface area contributed by atoms with Gasteiger partial charge in [0.1, 0.15) is 5.83 Å². The van der Waals surface area contributed by atoms with Crippen LogP contribution >= 0.6 is 0 Å². The summed E-state index contributed by atoms with van der Waals surface area (Å²) in [6, 6.07) is -0.703. The molecule has 4 N–H and O–H groups in total. The van der Waals surface area contributed by atoms with Crippen molar-refractivity contribution in [2.24, 2.45) is 11.5 Å². The number of hydrogen-bond acceptors (Lipinski definition) is 3. The molecular weight excluding hydrogens is 173 g/mol. The highest BCUT2D eigenvalue weighted by molar-refractivity contribution is 5.79. The summed E-state index contributed by atoms with van der Waals surface area (Å²) in [6.07, 6.45) is 2.21. The van der Waals surface area contributed by atoms with E-state index >= 15 is 0 Å². The molecule has 5 heteroatoms. The summed E-state index contributed by atoms with van der Waals surface area (Å²) in [6.45, 7) is 1.30. The van der Waals surface area contributed by atoms with Crippen molar-refractivity contribution >= 4 is 5.91 Å². The smallest absolute Gasteiger partial charge is 0.235 e. The molecule has 0 aliphatic carbocycles. The third-order valence-corrected chi connectivity index (χ3v) is 2.01. The third-order valence-electron chi connectivity index (χ3n) is 2.01. The minimum absolute atomic E-state index is 0.164. The standard InChI is InChI=1S/C8H14FN3O/c9-6-2-1-3-12(4-6)5-7(10)8(11)13/h2,7H,1,3-5,10H2,(H2,11,13). The van der Waals surface area contributed by atoms with E-state index in [-0.39, 0.29) is 12.4 Å². The van der Waals surface area contributed by atoms with Crippen LogP contribution in [0.5, 0.6) is 0 Å². The Morgan fingerprint density at radius 1 is 1.77 bits per heavy atom. The summed E-state index contributed by atoms with van der Waals surface area (Å²) in [7, 11) is 0. The number of carbonyl (C=O) groups is 1. The fourth-order valence-corrected chi connectivity index (χ4v) is 1.28. The first-order valence-electron chi connectivity index (χ1n) is 4.21. The zero-order valence-electron chi connectivity index (χ0n) is 7.37. The largest absolute Gasteiger partial charge is 0.368 e. The second kappa shape index (κ2) is 4.34. The van der Waals surface area contributed by atoms with E-state index in [0.717, 1.165) is 6.54 Å². The molecule has 1 heterocycles. The monoisotopic (exact) mass is 187 g/mol. The summed E-state index contributed by atoms with van der Waals surface area (Å²) in [5.74, 6) is -0.710. The van der Waals surface area contributed by atoms with Crippen LogP contribution in [0.3, 0.4) is 0 Å². The van der Waals surface area contributed by atoms with Gasteiger partial charge in [0.25, 0.3) is 0 Å². The van der Waals surface area contributed by atoms with E-state index in [0.29, 0.717) is 13.0 Å². The van der Waals surface area contributed by atoms with E-state index in [1.54, 1.807) is 11.0 Å². The van der Waals surface area contributed by atoms with Crippen LogP contribution in [0.4, 0.5) is 4.39 Å². The predicted molar refractivity (Wildman–Crippen MR) is 47.4 cm³/mol. The Kier molecular flexibility index (Phi) is 3.39. The van der Waals surface area contributed by atoms with Crippen molar-refractivity contribution in [3.63, 3.8) is 0 Å². The third kappa shape index (κ3) is 3.12. The molecule has 1 unspecified atom stereocenters. The molecule has 0 spiro atoms. The molecule has 0 aromatic heterocycles. The highest BCUT2D eigenvalue weighted by atomic mass is 19.1. The van der Waals surface area contributed by atoms with Crippen molar-refractivity contribution in [2.45, 2.75) is 12.5 Å². The van der Waals surface area contributed by atoms with Crippen LogP contribution in [0.15, 0.2) is 11.9 Å². The molecule has 0 radical (unpaired) electrons. The summed E-state index contributed by atoms with van der Waals surface area (Å²) < 4.78 is 12.7. The van der Waals surface area contributed by atoms with Gasteiger partial charge >= 0.3 is 0 Å². The van der Waals surface area contributed by atoms with Crippen molar-refractivity contribution in [1.29, 1.82) is 0 Å². The van der Waals surface area contributed by atoms with Crippen LogP contribution in [-0.2, 0) is 4.79 Å². The van der Waals surface area contributed by atoms with Crippen LogP contribution in [0.2, 0.25) is 0 Å². The van der Waals surface area contributed by atoms with Gasteiger partial charge in [-0.05, 0) is 6.42 Å². The van der Waals surface area contributed by atoms with E-state index < -0.39 is 11.9 Å². The minimum Gasteiger partial charge on any atom is -0.368 e. The molecule has 1 aliphatic heterocycles. The van der Waals surface area contributed by atoms with Gasteiger partial charge in [-0.15, -0.1) is 0 Å². The maximum atomic E-state index is 12.7. The second-order valence-corrected chi connectivity index (χ2v) is 3.18. The van der Waals surface area contributed by atoms with E-state index in [1.165, 1.54) is 0 Å². The summed E-state index contributed by atoms with van der Waals surface area (Å²) in [5.41, 5.74) is 10.4. The van der Waals surface area contributed by atoms with E-state index in [1.807, 2.05) is 0 Å². The van der Waals surface area contributed by atoms with Crippen LogP contribution in [-0.4, -0.2) is 36.5 Å². The molecule has 74 valence electrons. The lowest BCUT2D eigenvalue weighted by molar-refractivity contribution is -0.119. The summed E-state index contributed by atoms with van der Waals surface area (Å²) >= 11 is 0. The number of hydrogen-bond donors (Lipinski definition) is 2. The highest BCUT2D eigenvalue weighted by Crippen LogP contribution is 2.09. The van der Waals surface area contributed by atoms with Gasteiger partial charge in [0.15, 0.2) is 0 Å². The Morgan fingerprint density at radius 2 is 2.46 bits per heavy atom. The number of primary amides is 1. The maximum Gasteiger partial charge on any atom is 0.235 e. The topological polar surface area (TPSA) is 72.3 Å². The van der Waals surface area contributed by atoms with Crippen molar-refractivity contribution in [3.8, 4) is 0 Å². The zero-order valence-corrected chi connectivity index (χ0v) is 7.37. The first-order chi connectivity index (χ1) is 6.09. The molecule has 0 saturated carbocycles. The summed E-state index contributed by atoms with van der Waals surface area (Å²) in [5, 5.41) is 0. The van der Waals surface area contributed by atoms with Gasteiger partial charge in [0.2, 0.25) is 5.91 Å². The van der Waals surface area contributed by atoms with Gasteiger partial charge in [-0.25, -0.2) is 4.39 Å². The Bertz CT molecular complexity index is 229. The number of halogens is 1. The molecule has 0 saturated heterocycles. The fourth-order valence-electron chi connectivity index (χ4n) is 1.28. The van der Waals surface area contributed by atoms with Crippen molar-refractivity contribution in [2.75, 3.05) is 19.6 Å². The number of carbonyl (C=O) groups excluding carboxylic acids is 1. The van der Waals surface area contributed by atoms with Gasteiger partial charge in [-0.2, -0.15) is 0 Å².